The molecule has 19 heavy (non-hydrogen) atoms. The van der Waals surface area contributed by atoms with Crippen LogP contribution in [0.3, 0.4) is 0 Å². The van der Waals surface area contributed by atoms with Crippen LogP contribution < -0.4 is 5.56 Å². The molecule has 3 rings (SSSR count). The van der Waals surface area contributed by atoms with Crippen molar-refractivity contribution in [1.29, 1.82) is 0 Å². The summed E-state index contributed by atoms with van der Waals surface area (Å²) in [5.74, 6) is 0. The maximum atomic E-state index is 12.4. The highest BCUT2D eigenvalue weighted by Crippen LogP contribution is 2.20. The van der Waals surface area contributed by atoms with Gasteiger partial charge in [0.1, 0.15) is 5.65 Å². The Morgan fingerprint density at radius 1 is 1.00 bits per heavy atom. The molecule has 0 aliphatic heterocycles. The van der Waals surface area contributed by atoms with Crippen molar-refractivity contribution in [1.82, 2.24) is 9.38 Å². The van der Waals surface area contributed by atoms with E-state index in [4.69, 9.17) is 0 Å². The van der Waals surface area contributed by atoms with Gasteiger partial charge in [0.25, 0.3) is 5.56 Å². The van der Waals surface area contributed by atoms with Crippen LogP contribution in [0.4, 0.5) is 0 Å². The molecule has 3 aromatic rings. The Labute approximate surface area is 111 Å². The van der Waals surface area contributed by atoms with Gasteiger partial charge in [-0.15, -0.1) is 0 Å². The van der Waals surface area contributed by atoms with E-state index < -0.39 is 0 Å². The number of nitrogens with zero attached hydrogens (tertiary/aromatic N) is 2. The summed E-state index contributed by atoms with van der Waals surface area (Å²) in [6.07, 6.45) is 1.76. The first kappa shape index (κ1) is 11.7. The first-order chi connectivity index (χ1) is 9.18. The molecule has 0 N–H and O–H groups in total. The third-order valence-corrected chi connectivity index (χ3v) is 3.32. The number of aromatic nitrogens is 2. The minimum atomic E-state index is -0.00690. The Hall–Kier alpha value is -2.42. The lowest BCUT2D eigenvalue weighted by Gasteiger charge is -2.09. The normalized spacial score (nSPS) is 10.8. The number of hydrogen-bond donors (Lipinski definition) is 0. The molecule has 1 aromatic carbocycles. The average Bonchev–Trinajstić information content (AvgIpc) is 2.44. The lowest BCUT2D eigenvalue weighted by Crippen LogP contribution is -2.19. The van der Waals surface area contributed by atoms with Crippen LogP contribution >= 0.6 is 0 Å². The molecule has 0 radical (unpaired) electrons. The fourth-order valence-corrected chi connectivity index (χ4v) is 2.26. The second-order valence-electron chi connectivity index (χ2n) is 4.64. The van der Waals surface area contributed by atoms with E-state index in [-0.39, 0.29) is 5.56 Å². The molecule has 3 nitrogen and oxygen atoms in total. The maximum absolute atomic E-state index is 12.4. The predicted octanol–water partition coefficient (Wildman–Crippen LogP) is 2.98. The Morgan fingerprint density at radius 3 is 2.47 bits per heavy atom. The van der Waals surface area contributed by atoms with Gasteiger partial charge in [0.2, 0.25) is 0 Å². The summed E-state index contributed by atoms with van der Waals surface area (Å²) in [6.45, 7) is 3.79. The quantitative estimate of drug-likeness (QED) is 0.665. The van der Waals surface area contributed by atoms with Crippen molar-refractivity contribution in [2.24, 2.45) is 0 Å². The van der Waals surface area contributed by atoms with Crippen molar-refractivity contribution in [3.63, 3.8) is 0 Å². The fraction of sp³-hybridized carbons (Fsp3) is 0.125. The van der Waals surface area contributed by atoms with Gasteiger partial charge in [-0.25, -0.2) is 4.98 Å². The monoisotopic (exact) mass is 250 g/mol. The zero-order chi connectivity index (χ0) is 13.4. The van der Waals surface area contributed by atoms with E-state index >= 15 is 0 Å². The van der Waals surface area contributed by atoms with Gasteiger partial charge < -0.3 is 0 Å². The number of pyridine rings is 1. The van der Waals surface area contributed by atoms with E-state index in [1.807, 2.05) is 56.3 Å². The third kappa shape index (κ3) is 1.83. The molecule has 0 aliphatic rings. The van der Waals surface area contributed by atoms with Gasteiger partial charge in [0.15, 0.2) is 0 Å². The van der Waals surface area contributed by atoms with E-state index in [0.717, 1.165) is 22.5 Å². The maximum Gasteiger partial charge on any atom is 0.261 e. The predicted molar refractivity (Wildman–Crippen MR) is 76.4 cm³/mol. The summed E-state index contributed by atoms with van der Waals surface area (Å²) in [5, 5.41) is 0. The number of benzene rings is 1. The molecule has 0 spiro atoms. The van der Waals surface area contributed by atoms with E-state index in [2.05, 4.69) is 4.98 Å². The topological polar surface area (TPSA) is 34.4 Å². The van der Waals surface area contributed by atoms with E-state index in [0.29, 0.717) is 5.56 Å². The second kappa shape index (κ2) is 4.35. The third-order valence-electron chi connectivity index (χ3n) is 3.32. The molecular weight excluding hydrogens is 236 g/mol. The van der Waals surface area contributed by atoms with Gasteiger partial charge in [-0.05, 0) is 25.5 Å². The summed E-state index contributed by atoms with van der Waals surface area (Å²) in [6, 6.07) is 13.6. The smallest absolute Gasteiger partial charge is 0.261 e. The second-order valence-corrected chi connectivity index (χ2v) is 4.64. The highest BCUT2D eigenvalue weighted by atomic mass is 16.1. The Morgan fingerprint density at radius 2 is 1.74 bits per heavy atom. The van der Waals surface area contributed by atoms with Crippen molar-refractivity contribution in [3.05, 3.63) is 70.1 Å². The number of fused-ring (bicyclic) bond motifs is 1. The van der Waals surface area contributed by atoms with Crippen molar-refractivity contribution >= 4 is 5.65 Å². The fourth-order valence-electron chi connectivity index (χ4n) is 2.26. The van der Waals surface area contributed by atoms with Crippen molar-refractivity contribution in [3.8, 4) is 11.3 Å². The van der Waals surface area contributed by atoms with Crippen LogP contribution in [0.15, 0.2) is 53.5 Å². The van der Waals surface area contributed by atoms with Crippen LogP contribution in [-0.4, -0.2) is 9.38 Å². The minimum Gasteiger partial charge on any atom is -0.269 e. The molecule has 0 saturated carbocycles. The van der Waals surface area contributed by atoms with Gasteiger partial charge in [-0.2, -0.15) is 0 Å². The summed E-state index contributed by atoms with van der Waals surface area (Å²) in [5.41, 5.74) is 4.12. The molecule has 0 atom stereocenters. The molecule has 2 heterocycles. The van der Waals surface area contributed by atoms with Gasteiger partial charge in [-0.1, -0.05) is 36.4 Å². The molecule has 94 valence electrons. The van der Waals surface area contributed by atoms with Crippen LogP contribution in [0.5, 0.6) is 0 Å². The highest BCUT2D eigenvalue weighted by Gasteiger charge is 2.11. The zero-order valence-electron chi connectivity index (χ0n) is 10.9. The zero-order valence-corrected chi connectivity index (χ0v) is 10.9. The molecule has 0 saturated heterocycles. The van der Waals surface area contributed by atoms with Gasteiger partial charge >= 0.3 is 0 Å². The Kier molecular flexibility index (Phi) is 2.67. The van der Waals surface area contributed by atoms with Gasteiger partial charge in [0, 0.05) is 17.3 Å². The van der Waals surface area contributed by atoms with E-state index in [1.54, 1.807) is 10.6 Å². The lowest BCUT2D eigenvalue weighted by molar-refractivity contribution is 1.01. The van der Waals surface area contributed by atoms with Crippen LogP contribution in [0, 0.1) is 13.8 Å². The average molecular weight is 250 g/mol. The first-order valence-electron chi connectivity index (χ1n) is 6.22. The van der Waals surface area contributed by atoms with Crippen LogP contribution in [0.1, 0.15) is 11.1 Å². The summed E-state index contributed by atoms with van der Waals surface area (Å²) in [7, 11) is 0. The summed E-state index contributed by atoms with van der Waals surface area (Å²) >= 11 is 0. The molecule has 0 bridgehead atoms. The lowest BCUT2D eigenvalue weighted by atomic mass is 10.1. The summed E-state index contributed by atoms with van der Waals surface area (Å²) < 4.78 is 1.61. The molecule has 3 heteroatoms. The number of rotatable bonds is 1. The molecule has 0 aliphatic carbocycles. The van der Waals surface area contributed by atoms with Crippen LogP contribution in [0.2, 0.25) is 0 Å². The molecular formula is C16H14N2O. The molecule has 0 unspecified atom stereocenters. The van der Waals surface area contributed by atoms with Crippen molar-refractivity contribution in [2.45, 2.75) is 13.8 Å². The van der Waals surface area contributed by atoms with Crippen molar-refractivity contribution in [2.75, 3.05) is 0 Å². The SMILES string of the molecule is Cc1c(-c2ccccc2)nc2c(C)cccn2c1=O. The molecule has 0 amide bonds. The van der Waals surface area contributed by atoms with Gasteiger partial charge in [0.05, 0.1) is 5.69 Å². The Balaban J connectivity index is 2.42. The van der Waals surface area contributed by atoms with E-state index in [1.165, 1.54) is 0 Å². The number of hydrogen-bond acceptors (Lipinski definition) is 2. The standard InChI is InChI=1S/C16H14N2O/c1-11-7-6-10-18-15(11)17-14(12(2)16(18)19)13-8-4-3-5-9-13/h3-10H,1-2H3. The molecule has 0 fully saturated rings. The molecule has 2 aromatic heterocycles. The number of aryl methyl sites for hydroxylation is 1. The van der Waals surface area contributed by atoms with Gasteiger partial charge in [-0.3, -0.25) is 9.20 Å². The Bertz CT molecular complexity index is 804. The minimum absolute atomic E-state index is 0.00690. The highest BCUT2D eigenvalue weighted by molar-refractivity contribution is 5.65. The van der Waals surface area contributed by atoms with Crippen LogP contribution in [0.25, 0.3) is 16.9 Å². The van der Waals surface area contributed by atoms with Crippen LogP contribution in [-0.2, 0) is 0 Å². The van der Waals surface area contributed by atoms with Crippen molar-refractivity contribution < 1.29 is 0 Å². The van der Waals surface area contributed by atoms with E-state index in [9.17, 15) is 4.79 Å². The first-order valence-corrected chi connectivity index (χ1v) is 6.22. The summed E-state index contributed by atoms with van der Waals surface area (Å²) in [4.78, 5) is 17.1. The largest absolute Gasteiger partial charge is 0.269 e.